The first-order chi connectivity index (χ1) is 11.8. The van der Waals surface area contributed by atoms with E-state index in [4.69, 9.17) is 5.73 Å². The van der Waals surface area contributed by atoms with Crippen LogP contribution < -0.4 is 15.5 Å². The van der Waals surface area contributed by atoms with Crippen LogP contribution in [0, 0.1) is 0 Å². The number of carbonyl (C=O) groups is 1. The molecule has 0 aliphatic carbocycles. The van der Waals surface area contributed by atoms with Crippen molar-refractivity contribution in [2.45, 2.75) is 6.18 Å². The van der Waals surface area contributed by atoms with Gasteiger partial charge in [-0.15, -0.1) is 0 Å². The molecule has 6 nitrogen and oxygen atoms in total. The second-order valence-electron chi connectivity index (χ2n) is 5.62. The molecule has 0 spiro atoms. The van der Waals surface area contributed by atoms with Crippen molar-refractivity contribution in [3.63, 3.8) is 0 Å². The van der Waals surface area contributed by atoms with Crippen molar-refractivity contribution in [2.75, 3.05) is 36.0 Å². The van der Waals surface area contributed by atoms with E-state index in [0.29, 0.717) is 31.7 Å². The fourth-order valence-electron chi connectivity index (χ4n) is 2.66. The Bertz CT molecular complexity index is 755. The predicted molar refractivity (Wildman–Crippen MR) is 86.4 cm³/mol. The van der Waals surface area contributed by atoms with Crippen molar-refractivity contribution in [3.05, 3.63) is 47.8 Å². The first kappa shape index (κ1) is 17.0. The average Bonchev–Trinajstić information content (AvgIpc) is 2.61. The van der Waals surface area contributed by atoms with E-state index in [1.807, 2.05) is 0 Å². The number of amides is 1. The molecule has 0 radical (unpaired) electrons. The summed E-state index contributed by atoms with van der Waals surface area (Å²) in [6, 6.07) is 7.77. The van der Waals surface area contributed by atoms with Crippen molar-refractivity contribution >= 4 is 17.5 Å². The molecule has 132 valence electrons. The highest BCUT2D eigenvalue weighted by atomic mass is 19.4. The summed E-state index contributed by atoms with van der Waals surface area (Å²) in [5.41, 5.74) is 5.63. The summed E-state index contributed by atoms with van der Waals surface area (Å²) in [6.07, 6.45) is -3.36. The number of nitrogens with two attached hydrogens (primary N) is 1. The fraction of sp³-hybridized carbons (Fsp3) is 0.312. The molecule has 0 atom stereocenters. The quantitative estimate of drug-likeness (QED) is 0.914. The summed E-state index contributed by atoms with van der Waals surface area (Å²) >= 11 is 0. The molecule has 1 fully saturated rings. The van der Waals surface area contributed by atoms with E-state index in [9.17, 15) is 18.0 Å². The number of primary amides is 1. The zero-order valence-corrected chi connectivity index (χ0v) is 13.2. The van der Waals surface area contributed by atoms with E-state index in [2.05, 4.69) is 14.9 Å². The van der Waals surface area contributed by atoms with Gasteiger partial charge < -0.3 is 15.5 Å². The van der Waals surface area contributed by atoms with Crippen LogP contribution in [0.5, 0.6) is 0 Å². The smallest absolute Gasteiger partial charge is 0.368 e. The van der Waals surface area contributed by atoms with E-state index >= 15 is 0 Å². The largest absolute Gasteiger partial charge is 0.433 e. The van der Waals surface area contributed by atoms with Crippen LogP contribution in [0.2, 0.25) is 0 Å². The van der Waals surface area contributed by atoms with E-state index < -0.39 is 17.8 Å². The van der Waals surface area contributed by atoms with Crippen molar-refractivity contribution in [2.24, 2.45) is 5.73 Å². The highest BCUT2D eigenvalue weighted by Gasteiger charge is 2.33. The minimum atomic E-state index is -4.48. The number of alkyl halides is 3. The van der Waals surface area contributed by atoms with Crippen LogP contribution in [-0.4, -0.2) is 42.1 Å². The van der Waals surface area contributed by atoms with E-state index in [0.717, 1.165) is 18.0 Å². The van der Waals surface area contributed by atoms with Gasteiger partial charge in [0.25, 0.3) is 0 Å². The fourth-order valence-corrected chi connectivity index (χ4v) is 2.66. The zero-order chi connectivity index (χ0) is 18.0. The highest BCUT2D eigenvalue weighted by Crippen LogP contribution is 2.28. The number of nitrogens with zero attached hydrogens (tertiary/aromatic N) is 4. The van der Waals surface area contributed by atoms with Crippen molar-refractivity contribution in [3.8, 4) is 0 Å². The Morgan fingerprint density at radius 3 is 2.16 bits per heavy atom. The van der Waals surface area contributed by atoms with Crippen LogP contribution in [-0.2, 0) is 6.18 Å². The Kier molecular flexibility index (Phi) is 4.47. The molecule has 0 bridgehead atoms. The minimum Gasteiger partial charge on any atom is -0.368 e. The van der Waals surface area contributed by atoms with Gasteiger partial charge in [-0.1, -0.05) is 0 Å². The molecule has 1 aliphatic rings. The lowest BCUT2D eigenvalue weighted by Gasteiger charge is -2.36. The molecule has 1 aromatic heterocycles. The van der Waals surface area contributed by atoms with Gasteiger partial charge >= 0.3 is 6.18 Å². The minimum absolute atomic E-state index is 0.0820. The van der Waals surface area contributed by atoms with Crippen LogP contribution in [0.4, 0.5) is 24.8 Å². The number of halogens is 3. The van der Waals surface area contributed by atoms with Gasteiger partial charge in [0.15, 0.2) is 0 Å². The van der Waals surface area contributed by atoms with Gasteiger partial charge in [-0.3, -0.25) is 4.79 Å². The van der Waals surface area contributed by atoms with Gasteiger partial charge in [0.05, 0.1) is 0 Å². The third kappa shape index (κ3) is 3.81. The molecule has 25 heavy (non-hydrogen) atoms. The van der Waals surface area contributed by atoms with Crippen LogP contribution in [0.15, 0.2) is 36.5 Å². The molecule has 1 aliphatic heterocycles. The summed E-state index contributed by atoms with van der Waals surface area (Å²) in [6.45, 7) is 2.21. The van der Waals surface area contributed by atoms with Gasteiger partial charge in [-0.25, -0.2) is 9.97 Å². The van der Waals surface area contributed by atoms with Gasteiger partial charge in [0, 0.05) is 43.6 Å². The number of anilines is 2. The summed E-state index contributed by atoms with van der Waals surface area (Å²) in [7, 11) is 0. The molecule has 0 saturated carbocycles. The van der Waals surface area contributed by atoms with Gasteiger partial charge in [-0.05, 0) is 30.3 Å². The Labute approximate surface area is 142 Å². The maximum absolute atomic E-state index is 12.8. The number of benzene rings is 1. The second kappa shape index (κ2) is 6.58. The Hall–Kier alpha value is -2.84. The van der Waals surface area contributed by atoms with Crippen LogP contribution in [0.25, 0.3) is 0 Å². The Balaban J connectivity index is 1.67. The number of rotatable bonds is 3. The Morgan fingerprint density at radius 2 is 1.60 bits per heavy atom. The highest BCUT2D eigenvalue weighted by molar-refractivity contribution is 5.93. The summed E-state index contributed by atoms with van der Waals surface area (Å²) in [5.74, 6) is -0.406. The monoisotopic (exact) mass is 351 g/mol. The van der Waals surface area contributed by atoms with Crippen molar-refractivity contribution in [1.82, 2.24) is 9.97 Å². The predicted octanol–water partition coefficient (Wildman–Crippen LogP) is 1.92. The molecule has 2 N–H and O–H groups in total. The Morgan fingerprint density at radius 1 is 1.00 bits per heavy atom. The van der Waals surface area contributed by atoms with Crippen molar-refractivity contribution in [1.29, 1.82) is 0 Å². The molecule has 9 heteroatoms. The van der Waals surface area contributed by atoms with Crippen molar-refractivity contribution < 1.29 is 18.0 Å². The first-order valence-electron chi connectivity index (χ1n) is 7.64. The van der Waals surface area contributed by atoms with E-state index in [1.54, 1.807) is 29.2 Å². The molecule has 3 rings (SSSR count). The summed E-state index contributed by atoms with van der Waals surface area (Å²) in [4.78, 5) is 22.5. The van der Waals surface area contributed by atoms with Crippen LogP contribution >= 0.6 is 0 Å². The van der Waals surface area contributed by atoms with Crippen LogP contribution in [0.3, 0.4) is 0 Å². The lowest BCUT2D eigenvalue weighted by molar-refractivity contribution is -0.141. The molecule has 2 heterocycles. The standard InChI is InChI=1S/C16H16F3N5O/c17-16(18,19)13-5-6-21-15(22-13)24-9-7-23(8-10-24)12-3-1-11(2-4-12)14(20)25/h1-6H,7-10H2,(H2,20,25). The number of carbonyl (C=O) groups excluding carboxylic acids is 1. The maximum atomic E-state index is 12.8. The van der Waals surface area contributed by atoms with E-state index in [1.165, 1.54) is 0 Å². The van der Waals surface area contributed by atoms with Gasteiger partial charge in [0.2, 0.25) is 11.9 Å². The number of hydrogen-bond donors (Lipinski definition) is 1. The molecule has 0 unspecified atom stereocenters. The van der Waals surface area contributed by atoms with Gasteiger partial charge in [-0.2, -0.15) is 13.2 Å². The molecule has 1 aromatic carbocycles. The third-order valence-electron chi connectivity index (χ3n) is 4.01. The summed E-state index contributed by atoms with van der Waals surface area (Å²) < 4.78 is 38.3. The number of hydrogen-bond acceptors (Lipinski definition) is 5. The second-order valence-corrected chi connectivity index (χ2v) is 5.62. The first-order valence-corrected chi connectivity index (χ1v) is 7.64. The molecular weight excluding hydrogens is 335 g/mol. The average molecular weight is 351 g/mol. The lowest BCUT2D eigenvalue weighted by Crippen LogP contribution is -2.47. The summed E-state index contributed by atoms with van der Waals surface area (Å²) in [5, 5.41) is 0. The molecule has 1 saturated heterocycles. The maximum Gasteiger partial charge on any atom is 0.433 e. The van der Waals surface area contributed by atoms with Crippen LogP contribution in [0.1, 0.15) is 16.1 Å². The lowest BCUT2D eigenvalue weighted by atomic mass is 10.1. The molecule has 2 aromatic rings. The molecule has 1 amide bonds. The van der Waals surface area contributed by atoms with Gasteiger partial charge in [0.1, 0.15) is 5.69 Å². The number of aromatic nitrogens is 2. The molecular formula is C16H16F3N5O. The topological polar surface area (TPSA) is 75.4 Å². The zero-order valence-electron chi connectivity index (χ0n) is 13.2. The third-order valence-corrected chi connectivity index (χ3v) is 4.01. The van der Waals surface area contributed by atoms with E-state index in [-0.39, 0.29) is 5.95 Å². The number of piperazine rings is 1. The SMILES string of the molecule is NC(=O)c1ccc(N2CCN(c3nccc(C(F)(F)F)n3)CC2)cc1. The normalized spacial score (nSPS) is 15.3.